The first kappa shape index (κ1) is 15.0. The number of amides is 1. The van der Waals surface area contributed by atoms with Crippen LogP contribution >= 0.6 is 15.9 Å². The fourth-order valence-electron chi connectivity index (χ4n) is 2.38. The van der Waals surface area contributed by atoms with Gasteiger partial charge in [0, 0.05) is 24.5 Å². The first-order valence-corrected chi connectivity index (χ1v) is 7.06. The lowest BCUT2D eigenvalue weighted by molar-refractivity contribution is -0.141. The molecule has 1 aromatic rings. The van der Waals surface area contributed by atoms with Crippen LogP contribution in [-0.2, 0) is 9.53 Å². The summed E-state index contributed by atoms with van der Waals surface area (Å²) in [4.78, 5) is 25.2. The normalized spacial score (nSPS) is 22.1. The van der Waals surface area contributed by atoms with Crippen molar-refractivity contribution < 1.29 is 19.4 Å². The maximum absolute atomic E-state index is 12.5. The SMILES string of the molecule is COC1CC(C(=O)O)N(C(=O)c2ccc(C)cc2Br)C1. The number of halogens is 1. The molecule has 2 atom stereocenters. The summed E-state index contributed by atoms with van der Waals surface area (Å²) in [6, 6.07) is 4.55. The van der Waals surface area contributed by atoms with Crippen LogP contribution in [0.2, 0.25) is 0 Å². The molecule has 0 bridgehead atoms. The van der Waals surface area contributed by atoms with Crippen LogP contribution < -0.4 is 0 Å². The Hall–Kier alpha value is -1.40. The van der Waals surface area contributed by atoms with Gasteiger partial charge < -0.3 is 14.7 Å². The number of ether oxygens (including phenoxy) is 1. The number of rotatable bonds is 3. The molecular weight excluding hydrogens is 326 g/mol. The molecule has 1 aromatic carbocycles. The van der Waals surface area contributed by atoms with E-state index in [0.29, 0.717) is 23.0 Å². The zero-order valence-electron chi connectivity index (χ0n) is 11.3. The molecule has 0 radical (unpaired) electrons. The van der Waals surface area contributed by atoms with Gasteiger partial charge in [-0.2, -0.15) is 0 Å². The maximum atomic E-state index is 12.5. The van der Waals surface area contributed by atoms with Crippen molar-refractivity contribution in [2.75, 3.05) is 13.7 Å². The molecule has 0 aromatic heterocycles. The number of aryl methyl sites for hydroxylation is 1. The third-order valence-corrected chi connectivity index (χ3v) is 4.15. The predicted molar refractivity (Wildman–Crippen MR) is 76.8 cm³/mol. The van der Waals surface area contributed by atoms with Crippen LogP contribution in [-0.4, -0.2) is 47.7 Å². The van der Waals surface area contributed by atoms with Crippen molar-refractivity contribution in [1.29, 1.82) is 0 Å². The number of aliphatic carboxylic acids is 1. The first-order chi connectivity index (χ1) is 9.43. The molecule has 2 rings (SSSR count). The minimum absolute atomic E-state index is 0.232. The Morgan fingerprint density at radius 1 is 1.45 bits per heavy atom. The highest BCUT2D eigenvalue weighted by Crippen LogP contribution is 2.26. The molecule has 5 nitrogen and oxygen atoms in total. The number of carboxylic acids is 1. The van der Waals surface area contributed by atoms with Gasteiger partial charge in [0.25, 0.3) is 5.91 Å². The van der Waals surface area contributed by atoms with Crippen molar-refractivity contribution in [3.05, 3.63) is 33.8 Å². The van der Waals surface area contributed by atoms with Gasteiger partial charge in [0.15, 0.2) is 0 Å². The molecule has 1 saturated heterocycles. The molecule has 1 fully saturated rings. The Labute approximate surface area is 125 Å². The van der Waals surface area contributed by atoms with E-state index >= 15 is 0 Å². The van der Waals surface area contributed by atoms with Gasteiger partial charge in [-0.15, -0.1) is 0 Å². The van der Waals surface area contributed by atoms with Gasteiger partial charge in [-0.05, 0) is 40.5 Å². The third kappa shape index (κ3) is 2.86. The molecular formula is C14H16BrNO4. The maximum Gasteiger partial charge on any atom is 0.326 e. The third-order valence-electron chi connectivity index (χ3n) is 3.50. The Morgan fingerprint density at radius 2 is 2.15 bits per heavy atom. The van der Waals surface area contributed by atoms with Gasteiger partial charge in [0.2, 0.25) is 0 Å². The van der Waals surface area contributed by atoms with E-state index in [2.05, 4.69) is 15.9 Å². The molecule has 0 aliphatic carbocycles. The quantitative estimate of drug-likeness (QED) is 0.913. The lowest BCUT2D eigenvalue weighted by atomic mass is 10.1. The van der Waals surface area contributed by atoms with Crippen LogP contribution in [0.25, 0.3) is 0 Å². The smallest absolute Gasteiger partial charge is 0.326 e. The highest BCUT2D eigenvalue weighted by Gasteiger charge is 2.40. The van der Waals surface area contributed by atoms with Crippen molar-refractivity contribution >= 4 is 27.8 Å². The summed E-state index contributed by atoms with van der Waals surface area (Å²) in [7, 11) is 1.53. The second-order valence-corrected chi connectivity index (χ2v) is 5.74. The van der Waals surface area contributed by atoms with Gasteiger partial charge >= 0.3 is 5.97 Å². The van der Waals surface area contributed by atoms with Gasteiger partial charge in [0.05, 0.1) is 11.7 Å². The monoisotopic (exact) mass is 341 g/mol. The molecule has 1 aliphatic heterocycles. The first-order valence-electron chi connectivity index (χ1n) is 6.26. The molecule has 0 saturated carbocycles. The zero-order chi connectivity index (χ0) is 14.9. The number of carboxylic acid groups (broad SMARTS) is 1. The van der Waals surface area contributed by atoms with Gasteiger partial charge in [-0.3, -0.25) is 4.79 Å². The molecule has 1 aliphatic rings. The Bertz CT molecular complexity index is 546. The molecule has 1 heterocycles. The van der Waals surface area contributed by atoms with E-state index in [0.717, 1.165) is 5.56 Å². The predicted octanol–water partition coefficient (Wildman–Crippen LogP) is 2.07. The van der Waals surface area contributed by atoms with E-state index in [9.17, 15) is 14.7 Å². The largest absolute Gasteiger partial charge is 0.480 e. The van der Waals surface area contributed by atoms with Crippen molar-refractivity contribution in [2.24, 2.45) is 0 Å². The number of benzene rings is 1. The molecule has 20 heavy (non-hydrogen) atoms. The van der Waals surface area contributed by atoms with E-state index in [1.54, 1.807) is 6.07 Å². The van der Waals surface area contributed by atoms with Gasteiger partial charge in [-0.25, -0.2) is 4.79 Å². The molecule has 6 heteroatoms. The fourth-order valence-corrected chi connectivity index (χ4v) is 3.04. The Balaban J connectivity index is 2.29. The summed E-state index contributed by atoms with van der Waals surface area (Å²) in [5, 5.41) is 9.25. The van der Waals surface area contributed by atoms with Crippen LogP contribution in [0.3, 0.4) is 0 Å². The summed E-state index contributed by atoms with van der Waals surface area (Å²) < 4.78 is 5.86. The van der Waals surface area contributed by atoms with Gasteiger partial charge in [0.1, 0.15) is 6.04 Å². The van der Waals surface area contributed by atoms with E-state index in [4.69, 9.17) is 4.74 Å². The number of hydrogen-bond acceptors (Lipinski definition) is 3. The molecule has 0 spiro atoms. The standard InChI is InChI=1S/C14H16BrNO4/c1-8-3-4-10(11(15)5-8)13(17)16-7-9(20-2)6-12(16)14(18)19/h3-5,9,12H,6-7H2,1-2H3,(H,18,19). The van der Waals surface area contributed by atoms with Crippen molar-refractivity contribution in [3.8, 4) is 0 Å². The number of methoxy groups -OCH3 is 1. The fraction of sp³-hybridized carbons (Fsp3) is 0.429. The van der Waals surface area contributed by atoms with Crippen molar-refractivity contribution in [3.63, 3.8) is 0 Å². The average Bonchev–Trinajstić information content (AvgIpc) is 2.82. The number of hydrogen-bond donors (Lipinski definition) is 1. The van der Waals surface area contributed by atoms with E-state index in [-0.39, 0.29) is 12.0 Å². The number of likely N-dealkylation sites (tertiary alicyclic amines) is 1. The van der Waals surface area contributed by atoms with Crippen LogP contribution in [0.5, 0.6) is 0 Å². The summed E-state index contributed by atoms with van der Waals surface area (Å²) in [5.74, 6) is -1.29. The number of nitrogens with zero attached hydrogens (tertiary/aromatic N) is 1. The van der Waals surface area contributed by atoms with E-state index in [1.165, 1.54) is 12.0 Å². The Morgan fingerprint density at radius 3 is 2.70 bits per heavy atom. The summed E-state index contributed by atoms with van der Waals surface area (Å²) in [5.41, 5.74) is 1.50. The molecule has 1 amide bonds. The molecule has 1 N–H and O–H groups in total. The van der Waals surface area contributed by atoms with Crippen LogP contribution in [0.4, 0.5) is 0 Å². The van der Waals surface area contributed by atoms with E-state index < -0.39 is 12.0 Å². The van der Waals surface area contributed by atoms with Crippen LogP contribution in [0.1, 0.15) is 22.3 Å². The minimum Gasteiger partial charge on any atom is -0.480 e. The van der Waals surface area contributed by atoms with Crippen molar-refractivity contribution in [1.82, 2.24) is 4.90 Å². The second kappa shape index (κ2) is 5.93. The zero-order valence-corrected chi connectivity index (χ0v) is 12.9. The highest BCUT2D eigenvalue weighted by molar-refractivity contribution is 9.10. The topological polar surface area (TPSA) is 66.8 Å². The highest BCUT2D eigenvalue weighted by atomic mass is 79.9. The molecule has 2 unspecified atom stereocenters. The number of carbonyl (C=O) groups excluding carboxylic acids is 1. The second-order valence-electron chi connectivity index (χ2n) is 4.89. The summed E-state index contributed by atoms with van der Waals surface area (Å²) in [6.45, 7) is 2.22. The lowest BCUT2D eigenvalue weighted by Crippen LogP contribution is -2.40. The number of carbonyl (C=O) groups is 2. The molecule has 108 valence electrons. The summed E-state index contributed by atoms with van der Waals surface area (Å²) >= 11 is 3.36. The van der Waals surface area contributed by atoms with Crippen molar-refractivity contribution in [2.45, 2.75) is 25.5 Å². The van der Waals surface area contributed by atoms with Crippen LogP contribution in [0.15, 0.2) is 22.7 Å². The lowest BCUT2D eigenvalue weighted by Gasteiger charge is -2.22. The average molecular weight is 342 g/mol. The van der Waals surface area contributed by atoms with Crippen LogP contribution in [0, 0.1) is 6.92 Å². The van der Waals surface area contributed by atoms with E-state index in [1.807, 2.05) is 19.1 Å². The van der Waals surface area contributed by atoms with Gasteiger partial charge in [-0.1, -0.05) is 6.07 Å². The Kier molecular flexibility index (Phi) is 4.45. The minimum atomic E-state index is -0.999. The summed E-state index contributed by atoms with van der Waals surface area (Å²) in [6.07, 6.45) is 0.0883.